The standard InChI is InChI=1S/C27H26FN7O2/c1-27(2,37)25(28)15-32-26(36)21-14-31-23(24-6-5-20-7-16(10-29)11-33-35(20)24)9-22(21)34-19-4-3-17-12-30-13-18(17)8-19/h3-9,11,14,25,30,37H,12-13,15H2,1-2H3,(H,31,34)(H,32,36). The monoisotopic (exact) mass is 499 g/mol. The summed E-state index contributed by atoms with van der Waals surface area (Å²) < 4.78 is 16.0. The molecule has 1 amide bonds. The Labute approximate surface area is 213 Å². The lowest BCUT2D eigenvalue weighted by Gasteiger charge is -2.22. The van der Waals surface area contributed by atoms with E-state index in [1.54, 1.807) is 16.6 Å². The van der Waals surface area contributed by atoms with Crippen molar-refractivity contribution in [1.82, 2.24) is 25.2 Å². The molecule has 4 aromatic rings. The van der Waals surface area contributed by atoms with E-state index in [1.165, 1.54) is 37.4 Å². The Kier molecular flexibility index (Phi) is 6.33. The van der Waals surface area contributed by atoms with Gasteiger partial charge in [0.25, 0.3) is 5.91 Å². The molecule has 0 aliphatic carbocycles. The van der Waals surface area contributed by atoms with Gasteiger partial charge in [-0.2, -0.15) is 10.4 Å². The number of benzene rings is 1. The highest BCUT2D eigenvalue weighted by molar-refractivity contribution is 6.00. The third-order valence-corrected chi connectivity index (χ3v) is 6.37. The molecule has 0 bridgehead atoms. The molecule has 1 unspecified atom stereocenters. The highest BCUT2D eigenvalue weighted by Crippen LogP contribution is 2.29. The fraction of sp³-hybridized carbons (Fsp3) is 0.259. The van der Waals surface area contributed by atoms with Gasteiger partial charge in [0.05, 0.1) is 52.1 Å². The maximum Gasteiger partial charge on any atom is 0.255 e. The number of hydrogen-bond acceptors (Lipinski definition) is 7. The lowest BCUT2D eigenvalue weighted by molar-refractivity contribution is -0.00177. The number of nitriles is 1. The SMILES string of the molecule is CC(C)(O)C(F)CNC(=O)c1cnc(-c2ccc3cc(C#N)cnn23)cc1Nc1ccc2c(c1)CNC2. The van der Waals surface area contributed by atoms with Crippen LogP contribution in [0.3, 0.4) is 0 Å². The zero-order valence-electron chi connectivity index (χ0n) is 20.4. The summed E-state index contributed by atoms with van der Waals surface area (Å²) in [5, 5.41) is 32.6. The van der Waals surface area contributed by atoms with Crippen LogP contribution in [0.4, 0.5) is 15.8 Å². The molecule has 188 valence electrons. The third kappa shape index (κ3) is 5.00. The quantitative estimate of drug-likeness (QED) is 0.307. The molecule has 0 spiro atoms. The fourth-order valence-electron chi connectivity index (χ4n) is 4.19. The normalized spacial score (nSPS) is 13.7. The van der Waals surface area contributed by atoms with Gasteiger partial charge in [-0.05, 0) is 61.4 Å². The molecule has 4 heterocycles. The van der Waals surface area contributed by atoms with Crippen molar-refractivity contribution in [2.24, 2.45) is 0 Å². The van der Waals surface area contributed by atoms with Gasteiger partial charge >= 0.3 is 0 Å². The molecule has 0 saturated heterocycles. The lowest BCUT2D eigenvalue weighted by atomic mass is 10.0. The van der Waals surface area contributed by atoms with Crippen molar-refractivity contribution in [2.75, 3.05) is 11.9 Å². The van der Waals surface area contributed by atoms with Crippen molar-refractivity contribution in [1.29, 1.82) is 5.26 Å². The van der Waals surface area contributed by atoms with Gasteiger partial charge in [0, 0.05) is 25.0 Å². The van der Waals surface area contributed by atoms with Crippen LogP contribution >= 0.6 is 0 Å². The summed E-state index contributed by atoms with van der Waals surface area (Å²) in [5.41, 5.74) is 4.74. The van der Waals surface area contributed by atoms with Crippen LogP contribution in [0.25, 0.3) is 16.9 Å². The number of nitrogens with one attached hydrogen (secondary N) is 3. The molecule has 1 aliphatic rings. The Hall–Kier alpha value is -4.33. The summed E-state index contributed by atoms with van der Waals surface area (Å²) in [6.07, 6.45) is 1.27. The summed E-state index contributed by atoms with van der Waals surface area (Å²) in [6.45, 7) is 3.94. The van der Waals surface area contributed by atoms with Gasteiger partial charge in [-0.25, -0.2) is 8.91 Å². The molecular weight excluding hydrogens is 473 g/mol. The first-order valence-corrected chi connectivity index (χ1v) is 11.9. The average molecular weight is 500 g/mol. The van der Waals surface area contributed by atoms with Crippen LogP contribution in [0.5, 0.6) is 0 Å². The number of pyridine rings is 1. The van der Waals surface area contributed by atoms with Crippen molar-refractivity contribution < 1.29 is 14.3 Å². The number of rotatable bonds is 7. The predicted molar refractivity (Wildman–Crippen MR) is 137 cm³/mol. The largest absolute Gasteiger partial charge is 0.387 e. The first kappa shape index (κ1) is 24.4. The van der Waals surface area contributed by atoms with Crippen molar-refractivity contribution in [3.63, 3.8) is 0 Å². The molecule has 0 radical (unpaired) electrons. The first-order chi connectivity index (χ1) is 17.7. The minimum Gasteiger partial charge on any atom is -0.387 e. The Bertz CT molecular complexity index is 1530. The van der Waals surface area contributed by atoms with E-state index < -0.39 is 17.7 Å². The van der Waals surface area contributed by atoms with Crippen LogP contribution in [-0.4, -0.2) is 43.9 Å². The fourth-order valence-corrected chi connectivity index (χ4v) is 4.19. The second kappa shape index (κ2) is 9.61. The molecule has 1 aliphatic heterocycles. The summed E-state index contributed by atoms with van der Waals surface area (Å²) in [4.78, 5) is 17.5. The van der Waals surface area contributed by atoms with E-state index in [1.807, 2.05) is 30.3 Å². The van der Waals surface area contributed by atoms with Gasteiger partial charge in [0.15, 0.2) is 0 Å². The Morgan fingerprint density at radius 3 is 2.81 bits per heavy atom. The summed E-state index contributed by atoms with van der Waals surface area (Å²) in [5.74, 6) is -0.520. The maximum absolute atomic E-state index is 14.3. The van der Waals surface area contributed by atoms with Crippen LogP contribution < -0.4 is 16.0 Å². The number of aromatic nitrogens is 3. The second-order valence-electron chi connectivity index (χ2n) is 9.57. The molecule has 1 aromatic carbocycles. The molecule has 0 saturated carbocycles. The average Bonchev–Trinajstić information content (AvgIpc) is 3.52. The molecule has 10 heteroatoms. The van der Waals surface area contributed by atoms with Crippen molar-refractivity contribution >= 4 is 22.8 Å². The summed E-state index contributed by atoms with van der Waals surface area (Å²) >= 11 is 0. The van der Waals surface area contributed by atoms with Gasteiger partial charge in [-0.3, -0.25) is 9.78 Å². The number of carbonyl (C=O) groups excluding carboxylic acids is 1. The van der Waals surface area contributed by atoms with Gasteiger partial charge in [-0.15, -0.1) is 0 Å². The minimum absolute atomic E-state index is 0.228. The van der Waals surface area contributed by atoms with Crippen molar-refractivity contribution in [2.45, 2.75) is 38.7 Å². The van der Waals surface area contributed by atoms with Gasteiger partial charge in [0.1, 0.15) is 12.2 Å². The van der Waals surface area contributed by atoms with Gasteiger partial charge in [0.2, 0.25) is 0 Å². The van der Waals surface area contributed by atoms with E-state index in [2.05, 4.69) is 32.1 Å². The Morgan fingerprint density at radius 1 is 1.22 bits per heavy atom. The molecule has 3 aromatic heterocycles. The van der Waals surface area contributed by atoms with Crippen LogP contribution in [0.2, 0.25) is 0 Å². The molecule has 37 heavy (non-hydrogen) atoms. The maximum atomic E-state index is 14.3. The molecule has 4 N–H and O–H groups in total. The molecule has 0 fully saturated rings. The number of fused-ring (bicyclic) bond motifs is 2. The highest BCUT2D eigenvalue weighted by atomic mass is 19.1. The second-order valence-corrected chi connectivity index (χ2v) is 9.57. The lowest BCUT2D eigenvalue weighted by Crippen LogP contribution is -2.42. The number of halogens is 1. The highest BCUT2D eigenvalue weighted by Gasteiger charge is 2.27. The zero-order valence-corrected chi connectivity index (χ0v) is 20.4. The smallest absolute Gasteiger partial charge is 0.255 e. The number of hydrogen-bond donors (Lipinski definition) is 4. The molecule has 5 rings (SSSR count). The van der Waals surface area contributed by atoms with Crippen LogP contribution in [0.1, 0.15) is 40.9 Å². The number of carbonyl (C=O) groups is 1. The number of nitrogens with zero attached hydrogens (tertiary/aromatic N) is 4. The van der Waals surface area contributed by atoms with E-state index in [4.69, 9.17) is 5.26 Å². The predicted octanol–water partition coefficient (Wildman–Crippen LogP) is 3.45. The Morgan fingerprint density at radius 2 is 2.03 bits per heavy atom. The number of anilines is 2. The minimum atomic E-state index is -1.64. The first-order valence-electron chi connectivity index (χ1n) is 11.9. The van der Waals surface area contributed by atoms with Crippen molar-refractivity contribution in [3.8, 4) is 17.5 Å². The van der Waals surface area contributed by atoms with E-state index in [0.29, 0.717) is 22.6 Å². The van der Waals surface area contributed by atoms with Crippen molar-refractivity contribution in [3.05, 3.63) is 77.1 Å². The number of aliphatic hydroxyl groups is 1. The Balaban J connectivity index is 1.51. The van der Waals surface area contributed by atoms with E-state index >= 15 is 0 Å². The van der Waals surface area contributed by atoms with Gasteiger partial charge in [-0.1, -0.05) is 6.07 Å². The summed E-state index contributed by atoms with van der Waals surface area (Å²) in [6, 6.07) is 15.2. The van der Waals surface area contributed by atoms with E-state index in [-0.39, 0.29) is 12.1 Å². The molecular formula is C27H26FN7O2. The molecule has 1 atom stereocenters. The summed E-state index contributed by atoms with van der Waals surface area (Å²) in [7, 11) is 0. The molecule has 9 nitrogen and oxygen atoms in total. The third-order valence-electron chi connectivity index (χ3n) is 6.37. The topological polar surface area (TPSA) is 127 Å². The zero-order chi connectivity index (χ0) is 26.2. The number of amides is 1. The van der Waals surface area contributed by atoms with Crippen LogP contribution in [0, 0.1) is 11.3 Å². The van der Waals surface area contributed by atoms with E-state index in [9.17, 15) is 14.3 Å². The van der Waals surface area contributed by atoms with E-state index in [0.717, 1.165) is 24.3 Å². The van der Waals surface area contributed by atoms with Gasteiger partial charge < -0.3 is 21.1 Å². The van der Waals surface area contributed by atoms with Crippen LogP contribution in [-0.2, 0) is 13.1 Å². The number of alkyl halides is 1. The van der Waals surface area contributed by atoms with Crippen LogP contribution in [0.15, 0.2) is 54.9 Å².